The maximum atomic E-state index is 11.8. The number of hydrogen-bond acceptors (Lipinski definition) is 2. The van der Waals surface area contributed by atoms with E-state index in [1.54, 1.807) is 6.92 Å². The molecule has 2 aromatic carbocycles. The van der Waals surface area contributed by atoms with Crippen LogP contribution in [0.1, 0.15) is 18.1 Å². The van der Waals surface area contributed by atoms with Crippen LogP contribution in [0.4, 0.5) is 5.69 Å². The second-order valence-corrected chi connectivity index (χ2v) is 5.70. The van der Waals surface area contributed by atoms with Crippen LogP contribution in [0.2, 0.25) is 0 Å². The van der Waals surface area contributed by atoms with Gasteiger partial charge in [0.15, 0.2) is 0 Å². The molecule has 0 radical (unpaired) electrons. The number of likely N-dealkylation sites (N-methyl/N-ethyl adjacent to an activating group) is 1. The zero-order chi connectivity index (χ0) is 15.5. The number of aryl methyl sites for hydroxylation is 1. The summed E-state index contributed by atoms with van der Waals surface area (Å²) in [5.74, 6) is -0.812. The molecule has 3 heteroatoms. The fourth-order valence-electron chi connectivity index (χ4n) is 2.52. The second kappa shape index (κ2) is 6.00. The molecular formula is C18H21NO2. The molecule has 0 bridgehead atoms. The number of anilines is 1. The zero-order valence-corrected chi connectivity index (χ0v) is 12.7. The monoisotopic (exact) mass is 283 g/mol. The Morgan fingerprint density at radius 2 is 1.81 bits per heavy atom. The molecule has 0 spiro atoms. The smallest absolute Gasteiger partial charge is 0.315 e. The van der Waals surface area contributed by atoms with Crippen LogP contribution in [0, 0.1) is 6.92 Å². The molecule has 0 aliphatic heterocycles. The summed E-state index contributed by atoms with van der Waals surface area (Å²) in [7, 11) is 1.93. The summed E-state index contributed by atoms with van der Waals surface area (Å²) >= 11 is 0. The molecule has 1 unspecified atom stereocenters. The Morgan fingerprint density at radius 1 is 1.14 bits per heavy atom. The van der Waals surface area contributed by atoms with Gasteiger partial charge in [-0.05, 0) is 37.1 Å². The van der Waals surface area contributed by atoms with Crippen molar-refractivity contribution in [2.75, 3.05) is 18.5 Å². The quantitative estimate of drug-likeness (QED) is 0.913. The topological polar surface area (TPSA) is 40.5 Å². The van der Waals surface area contributed by atoms with E-state index in [2.05, 4.69) is 6.07 Å². The van der Waals surface area contributed by atoms with E-state index in [0.29, 0.717) is 6.54 Å². The first-order valence-electron chi connectivity index (χ1n) is 7.00. The third kappa shape index (κ3) is 3.24. The first-order chi connectivity index (χ1) is 9.93. The Bertz CT molecular complexity index is 624. The average molecular weight is 283 g/mol. The summed E-state index contributed by atoms with van der Waals surface area (Å²) in [5, 5.41) is 9.71. The minimum atomic E-state index is -0.945. The fourth-order valence-corrected chi connectivity index (χ4v) is 2.52. The fraction of sp³-hybridized carbons (Fsp3) is 0.278. The number of aliphatic carboxylic acids is 1. The van der Waals surface area contributed by atoms with Gasteiger partial charge in [-0.15, -0.1) is 0 Å². The van der Waals surface area contributed by atoms with Crippen LogP contribution in [-0.2, 0) is 10.2 Å². The molecular weight excluding hydrogens is 262 g/mol. The summed E-state index contributed by atoms with van der Waals surface area (Å²) in [6, 6.07) is 17.5. The first-order valence-corrected chi connectivity index (χ1v) is 7.00. The van der Waals surface area contributed by atoms with Crippen LogP contribution in [0.5, 0.6) is 0 Å². The number of benzene rings is 2. The molecule has 0 fully saturated rings. The van der Waals surface area contributed by atoms with Gasteiger partial charge < -0.3 is 10.0 Å². The van der Waals surface area contributed by atoms with Crippen molar-refractivity contribution in [3.8, 4) is 0 Å². The Morgan fingerprint density at radius 3 is 2.38 bits per heavy atom. The highest BCUT2D eigenvalue weighted by Gasteiger charge is 2.36. The third-order valence-electron chi connectivity index (χ3n) is 3.88. The van der Waals surface area contributed by atoms with Gasteiger partial charge in [-0.2, -0.15) is 0 Å². The maximum Gasteiger partial charge on any atom is 0.315 e. The molecule has 0 saturated heterocycles. The van der Waals surface area contributed by atoms with Crippen LogP contribution in [0.25, 0.3) is 0 Å². The Kier molecular flexibility index (Phi) is 4.32. The number of nitrogens with zero attached hydrogens (tertiary/aromatic N) is 1. The minimum absolute atomic E-state index is 0.412. The van der Waals surface area contributed by atoms with E-state index in [4.69, 9.17) is 0 Å². The van der Waals surface area contributed by atoms with Gasteiger partial charge in [0.05, 0.1) is 0 Å². The van der Waals surface area contributed by atoms with Gasteiger partial charge in [0.25, 0.3) is 0 Å². The normalized spacial score (nSPS) is 13.5. The van der Waals surface area contributed by atoms with E-state index < -0.39 is 11.4 Å². The van der Waals surface area contributed by atoms with Crippen molar-refractivity contribution < 1.29 is 9.90 Å². The molecule has 0 heterocycles. The largest absolute Gasteiger partial charge is 0.481 e. The highest BCUT2D eigenvalue weighted by atomic mass is 16.4. The summed E-state index contributed by atoms with van der Waals surface area (Å²) in [6.45, 7) is 4.22. The van der Waals surface area contributed by atoms with Gasteiger partial charge in [0.2, 0.25) is 0 Å². The molecule has 110 valence electrons. The van der Waals surface area contributed by atoms with Crippen LogP contribution < -0.4 is 4.90 Å². The lowest BCUT2D eigenvalue weighted by molar-refractivity contribution is -0.142. The Labute approximate surface area is 125 Å². The maximum absolute atomic E-state index is 11.8. The molecule has 1 N–H and O–H groups in total. The van der Waals surface area contributed by atoms with Crippen LogP contribution >= 0.6 is 0 Å². The molecule has 0 amide bonds. The van der Waals surface area contributed by atoms with Crippen molar-refractivity contribution >= 4 is 11.7 Å². The van der Waals surface area contributed by atoms with Gasteiger partial charge in [0.1, 0.15) is 5.41 Å². The molecule has 0 aromatic heterocycles. The SMILES string of the molecule is Cc1cccc(N(C)CC(C)(C(=O)O)c2ccccc2)c1. The van der Waals surface area contributed by atoms with E-state index in [-0.39, 0.29) is 0 Å². The van der Waals surface area contributed by atoms with Crippen molar-refractivity contribution in [2.24, 2.45) is 0 Å². The van der Waals surface area contributed by atoms with Crippen LogP contribution in [-0.4, -0.2) is 24.7 Å². The van der Waals surface area contributed by atoms with Crippen LogP contribution in [0.15, 0.2) is 54.6 Å². The highest BCUT2D eigenvalue weighted by Crippen LogP contribution is 2.27. The third-order valence-corrected chi connectivity index (χ3v) is 3.88. The molecule has 21 heavy (non-hydrogen) atoms. The average Bonchev–Trinajstić information content (AvgIpc) is 2.47. The van der Waals surface area contributed by atoms with Gasteiger partial charge in [-0.1, -0.05) is 42.5 Å². The summed E-state index contributed by atoms with van der Waals surface area (Å²) in [4.78, 5) is 13.8. The molecule has 0 aliphatic rings. The standard InChI is InChI=1S/C18H21NO2/c1-14-8-7-11-16(12-14)19(3)13-18(2,17(20)21)15-9-5-4-6-10-15/h4-12H,13H2,1-3H3,(H,20,21). The number of carboxylic acids is 1. The van der Waals surface area contributed by atoms with Crippen molar-refractivity contribution in [1.82, 2.24) is 0 Å². The number of hydrogen-bond donors (Lipinski definition) is 1. The van der Waals surface area contributed by atoms with Crippen LogP contribution in [0.3, 0.4) is 0 Å². The zero-order valence-electron chi connectivity index (χ0n) is 12.7. The van der Waals surface area contributed by atoms with E-state index >= 15 is 0 Å². The Hall–Kier alpha value is -2.29. The molecule has 2 aromatic rings. The molecule has 3 nitrogen and oxygen atoms in total. The van der Waals surface area contributed by atoms with E-state index in [9.17, 15) is 9.90 Å². The summed E-state index contributed by atoms with van der Waals surface area (Å²) in [5.41, 5.74) is 2.06. The molecule has 2 rings (SSSR count). The van der Waals surface area contributed by atoms with Crippen molar-refractivity contribution in [3.63, 3.8) is 0 Å². The Balaban J connectivity index is 2.31. The van der Waals surface area contributed by atoms with E-state index in [1.165, 1.54) is 0 Å². The van der Waals surface area contributed by atoms with Crippen molar-refractivity contribution in [3.05, 3.63) is 65.7 Å². The molecule has 1 atom stereocenters. The van der Waals surface area contributed by atoms with Gasteiger partial charge in [-0.3, -0.25) is 4.79 Å². The lowest BCUT2D eigenvalue weighted by Crippen LogP contribution is -2.43. The number of carboxylic acid groups (broad SMARTS) is 1. The van der Waals surface area contributed by atoms with E-state index in [1.807, 2.05) is 67.4 Å². The predicted molar refractivity (Wildman–Crippen MR) is 85.9 cm³/mol. The van der Waals surface area contributed by atoms with Crippen molar-refractivity contribution in [1.29, 1.82) is 0 Å². The van der Waals surface area contributed by atoms with E-state index in [0.717, 1.165) is 16.8 Å². The predicted octanol–water partition coefficient (Wildman–Crippen LogP) is 3.47. The van der Waals surface area contributed by atoms with Gasteiger partial charge in [0, 0.05) is 19.3 Å². The highest BCUT2D eigenvalue weighted by molar-refractivity contribution is 5.82. The first kappa shape index (κ1) is 15.1. The second-order valence-electron chi connectivity index (χ2n) is 5.70. The molecule has 0 saturated carbocycles. The summed E-state index contributed by atoms with van der Waals surface area (Å²) < 4.78 is 0. The van der Waals surface area contributed by atoms with Gasteiger partial charge in [-0.25, -0.2) is 0 Å². The number of rotatable bonds is 5. The van der Waals surface area contributed by atoms with Gasteiger partial charge >= 0.3 is 5.97 Å². The summed E-state index contributed by atoms with van der Waals surface area (Å²) in [6.07, 6.45) is 0. The minimum Gasteiger partial charge on any atom is -0.481 e. The van der Waals surface area contributed by atoms with Crippen molar-refractivity contribution in [2.45, 2.75) is 19.3 Å². The lowest BCUT2D eigenvalue weighted by Gasteiger charge is -2.32. The lowest BCUT2D eigenvalue weighted by atomic mass is 9.82. The molecule has 0 aliphatic carbocycles. The number of carbonyl (C=O) groups is 1.